The Balaban J connectivity index is 1.50. The summed E-state index contributed by atoms with van der Waals surface area (Å²) in [7, 11) is 0. The summed E-state index contributed by atoms with van der Waals surface area (Å²) >= 11 is 0. The van der Waals surface area contributed by atoms with E-state index in [0.29, 0.717) is 32.5 Å². The summed E-state index contributed by atoms with van der Waals surface area (Å²) in [5.74, 6) is -0.501. The highest BCUT2D eigenvalue weighted by Gasteiger charge is 2.59. The van der Waals surface area contributed by atoms with Gasteiger partial charge in [0.1, 0.15) is 11.2 Å². The van der Waals surface area contributed by atoms with Gasteiger partial charge < -0.3 is 15.1 Å². The molecule has 3 aliphatic rings. The molecule has 2 atom stereocenters. The number of nitrogens with one attached hydrogen (secondary N) is 1. The minimum Gasteiger partial charge on any atom is -0.342 e. The number of halogens is 1. The number of carbonyl (C=O) groups is 3. The lowest BCUT2D eigenvalue weighted by Crippen LogP contribution is -2.43. The van der Waals surface area contributed by atoms with Crippen LogP contribution in [-0.4, -0.2) is 47.2 Å². The van der Waals surface area contributed by atoms with Gasteiger partial charge in [-0.2, -0.15) is 0 Å². The molecule has 0 unspecified atom stereocenters. The molecular weight excluding hydrogens is 397 g/mol. The third-order valence-electron chi connectivity index (χ3n) is 6.86. The van der Waals surface area contributed by atoms with Crippen molar-refractivity contribution in [2.24, 2.45) is 0 Å². The van der Waals surface area contributed by atoms with E-state index in [1.165, 1.54) is 12.1 Å². The predicted octanol–water partition coefficient (Wildman–Crippen LogP) is 3.00. The van der Waals surface area contributed by atoms with Crippen LogP contribution in [-0.2, 0) is 19.8 Å². The summed E-state index contributed by atoms with van der Waals surface area (Å²) in [5.41, 5.74) is 1.46. The van der Waals surface area contributed by atoms with Crippen LogP contribution >= 0.6 is 0 Å². The summed E-state index contributed by atoms with van der Waals surface area (Å²) in [4.78, 5) is 42.0. The second-order valence-electron chi connectivity index (χ2n) is 8.50. The Morgan fingerprint density at radius 1 is 1.10 bits per heavy atom. The van der Waals surface area contributed by atoms with E-state index in [4.69, 9.17) is 0 Å². The number of carbonyl (C=O) groups excluding carboxylic acids is 3. The normalized spacial score (nSPS) is 24.7. The molecule has 0 radical (unpaired) electrons. The summed E-state index contributed by atoms with van der Waals surface area (Å²) in [5, 5.41) is 2.98. The van der Waals surface area contributed by atoms with Gasteiger partial charge in [-0.25, -0.2) is 4.39 Å². The van der Waals surface area contributed by atoms with Crippen LogP contribution in [0.15, 0.2) is 48.5 Å². The van der Waals surface area contributed by atoms with Crippen LogP contribution in [0.25, 0.3) is 0 Å². The van der Waals surface area contributed by atoms with Crippen LogP contribution in [0.4, 0.5) is 10.1 Å². The fourth-order valence-corrected chi connectivity index (χ4v) is 5.38. The number of hydrogen-bond donors (Lipinski definition) is 1. The number of rotatable bonds is 4. The van der Waals surface area contributed by atoms with E-state index >= 15 is 0 Å². The first-order valence-electron chi connectivity index (χ1n) is 10.7. The van der Waals surface area contributed by atoms with Crippen molar-refractivity contribution in [2.75, 3.05) is 25.0 Å². The van der Waals surface area contributed by atoms with Crippen LogP contribution in [0, 0.1) is 5.82 Å². The number of anilines is 1. The van der Waals surface area contributed by atoms with Gasteiger partial charge in [0, 0.05) is 38.2 Å². The molecule has 1 spiro atoms. The molecule has 31 heavy (non-hydrogen) atoms. The SMILES string of the molecule is O=C1CCCN1CCC(=O)N1CC[C@]2(C(=O)Nc3ccccc32)[C@@H]1c1ccc(F)cc1. The Kier molecular flexibility index (Phi) is 4.76. The van der Waals surface area contributed by atoms with Gasteiger partial charge in [0.15, 0.2) is 0 Å². The van der Waals surface area contributed by atoms with E-state index in [9.17, 15) is 18.8 Å². The molecule has 2 aromatic carbocycles. The highest BCUT2D eigenvalue weighted by Crippen LogP contribution is 2.54. The average molecular weight is 421 g/mol. The highest BCUT2D eigenvalue weighted by molar-refractivity contribution is 6.07. The zero-order valence-corrected chi connectivity index (χ0v) is 17.1. The predicted molar refractivity (Wildman–Crippen MR) is 113 cm³/mol. The molecule has 0 bridgehead atoms. The maximum absolute atomic E-state index is 13.6. The Morgan fingerprint density at radius 2 is 1.87 bits per heavy atom. The molecule has 0 aromatic heterocycles. The number of amides is 3. The number of likely N-dealkylation sites (tertiary alicyclic amines) is 2. The highest BCUT2D eigenvalue weighted by atomic mass is 19.1. The molecule has 2 aromatic rings. The number of nitrogens with zero attached hydrogens (tertiary/aromatic N) is 2. The lowest BCUT2D eigenvalue weighted by atomic mass is 9.72. The average Bonchev–Trinajstić information content (AvgIpc) is 3.44. The number of hydrogen-bond acceptors (Lipinski definition) is 3. The summed E-state index contributed by atoms with van der Waals surface area (Å²) < 4.78 is 13.6. The minimum absolute atomic E-state index is 0.0878. The van der Waals surface area contributed by atoms with Crippen molar-refractivity contribution in [3.05, 3.63) is 65.5 Å². The standard InChI is InChI=1S/C24H24FN3O3/c25-17-9-7-16(8-10-17)22-24(18-4-1-2-5-19(18)26-23(24)31)12-15-28(22)21(30)11-14-27-13-3-6-20(27)29/h1-2,4-5,7-10,22H,3,6,11-15H2,(H,26,31)/t22-,24+/m0/s1. The fourth-order valence-electron chi connectivity index (χ4n) is 5.38. The van der Waals surface area contributed by atoms with E-state index in [-0.39, 0.29) is 30.0 Å². The molecule has 3 amide bonds. The monoisotopic (exact) mass is 421 g/mol. The molecule has 3 aliphatic heterocycles. The van der Waals surface area contributed by atoms with E-state index in [0.717, 1.165) is 23.2 Å². The van der Waals surface area contributed by atoms with Crippen molar-refractivity contribution < 1.29 is 18.8 Å². The molecule has 0 saturated carbocycles. The smallest absolute Gasteiger partial charge is 0.237 e. The lowest BCUT2D eigenvalue weighted by molar-refractivity contribution is -0.134. The molecule has 5 rings (SSSR count). The molecule has 3 heterocycles. The Bertz CT molecular complexity index is 1050. The van der Waals surface area contributed by atoms with E-state index < -0.39 is 11.5 Å². The molecule has 2 fully saturated rings. The zero-order chi connectivity index (χ0) is 21.6. The maximum Gasteiger partial charge on any atom is 0.237 e. The van der Waals surface area contributed by atoms with Crippen molar-refractivity contribution in [1.29, 1.82) is 0 Å². The van der Waals surface area contributed by atoms with E-state index in [1.54, 1.807) is 21.9 Å². The van der Waals surface area contributed by atoms with Gasteiger partial charge in [-0.3, -0.25) is 14.4 Å². The van der Waals surface area contributed by atoms with Gasteiger partial charge in [-0.15, -0.1) is 0 Å². The number of fused-ring (bicyclic) bond motifs is 2. The molecule has 160 valence electrons. The van der Waals surface area contributed by atoms with E-state index in [1.807, 2.05) is 24.3 Å². The van der Waals surface area contributed by atoms with Gasteiger partial charge in [0.25, 0.3) is 0 Å². The second-order valence-corrected chi connectivity index (χ2v) is 8.50. The quantitative estimate of drug-likeness (QED) is 0.825. The van der Waals surface area contributed by atoms with Crippen molar-refractivity contribution in [3.63, 3.8) is 0 Å². The molecule has 2 saturated heterocycles. The van der Waals surface area contributed by atoms with Crippen LogP contribution in [0.1, 0.15) is 42.9 Å². The third kappa shape index (κ3) is 3.10. The number of para-hydroxylation sites is 1. The van der Waals surface area contributed by atoms with Crippen molar-refractivity contribution in [2.45, 2.75) is 37.1 Å². The summed E-state index contributed by atoms with van der Waals surface area (Å²) in [6.07, 6.45) is 2.07. The first kappa shape index (κ1) is 19.7. The Morgan fingerprint density at radius 3 is 2.61 bits per heavy atom. The fraction of sp³-hybridized carbons (Fsp3) is 0.375. The second kappa shape index (κ2) is 7.48. The third-order valence-corrected chi connectivity index (χ3v) is 6.86. The first-order chi connectivity index (χ1) is 15.0. The van der Waals surface area contributed by atoms with Gasteiger partial charge in [-0.05, 0) is 42.2 Å². The molecule has 1 N–H and O–H groups in total. The van der Waals surface area contributed by atoms with Gasteiger partial charge in [-0.1, -0.05) is 30.3 Å². The zero-order valence-electron chi connectivity index (χ0n) is 17.1. The van der Waals surface area contributed by atoms with Crippen LogP contribution in [0.2, 0.25) is 0 Å². The van der Waals surface area contributed by atoms with Gasteiger partial charge in [0.2, 0.25) is 17.7 Å². The maximum atomic E-state index is 13.6. The first-order valence-corrected chi connectivity index (χ1v) is 10.7. The van der Waals surface area contributed by atoms with Crippen LogP contribution in [0.5, 0.6) is 0 Å². The molecule has 6 nitrogen and oxygen atoms in total. The van der Waals surface area contributed by atoms with Crippen molar-refractivity contribution >= 4 is 23.4 Å². The Hall–Kier alpha value is -3.22. The van der Waals surface area contributed by atoms with E-state index in [2.05, 4.69) is 5.32 Å². The lowest BCUT2D eigenvalue weighted by Gasteiger charge is -2.34. The largest absolute Gasteiger partial charge is 0.342 e. The topological polar surface area (TPSA) is 69.7 Å². The molecular formula is C24H24FN3O3. The van der Waals surface area contributed by atoms with Gasteiger partial charge in [0.05, 0.1) is 6.04 Å². The van der Waals surface area contributed by atoms with Gasteiger partial charge >= 0.3 is 0 Å². The Labute approximate surface area is 180 Å². The van der Waals surface area contributed by atoms with Crippen LogP contribution in [0.3, 0.4) is 0 Å². The molecule has 0 aliphatic carbocycles. The summed E-state index contributed by atoms with van der Waals surface area (Å²) in [6, 6.07) is 13.1. The van der Waals surface area contributed by atoms with Crippen LogP contribution < -0.4 is 5.32 Å². The van der Waals surface area contributed by atoms with Crippen molar-refractivity contribution in [3.8, 4) is 0 Å². The summed E-state index contributed by atoms with van der Waals surface area (Å²) in [6.45, 7) is 1.50. The minimum atomic E-state index is -0.909. The number of benzene rings is 2. The van der Waals surface area contributed by atoms with Crippen molar-refractivity contribution in [1.82, 2.24) is 9.80 Å². The molecule has 7 heteroatoms.